The zero-order valence-corrected chi connectivity index (χ0v) is 10.9. The summed E-state index contributed by atoms with van der Waals surface area (Å²) in [5.74, 6) is 1.87. The summed E-state index contributed by atoms with van der Waals surface area (Å²) in [5.41, 5.74) is 2.15. The minimum absolute atomic E-state index is 0.386. The molecular weight excluding hydrogens is 216 g/mol. The topological polar surface area (TPSA) is 36.3 Å². The van der Waals surface area contributed by atoms with Crippen molar-refractivity contribution in [3.05, 3.63) is 17.8 Å². The third kappa shape index (κ3) is 1.84. The molecule has 2 rings (SSSR count). The van der Waals surface area contributed by atoms with Gasteiger partial charge in [0, 0.05) is 18.5 Å². The van der Waals surface area contributed by atoms with E-state index >= 15 is 0 Å². The van der Waals surface area contributed by atoms with Gasteiger partial charge in [0.15, 0.2) is 11.5 Å². The molecule has 0 bridgehead atoms. The van der Waals surface area contributed by atoms with Crippen molar-refractivity contribution in [1.82, 2.24) is 9.78 Å². The van der Waals surface area contributed by atoms with Crippen LogP contribution in [0.15, 0.2) is 12.1 Å². The van der Waals surface area contributed by atoms with Gasteiger partial charge in [-0.2, -0.15) is 5.10 Å². The molecule has 17 heavy (non-hydrogen) atoms. The number of rotatable bonds is 3. The maximum absolute atomic E-state index is 5.33. The number of aryl methyl sites for hydroxylation is 1. The van der Waals surface area contributed by atoms with Crippen LogP contribution in [-0.4, -0.2) is 24.0 Å². The van der Waals surface area contributed by atoms with E-state index in [-0.39, 0.29) is 0 Å². The molecular formula is C13H18N2O2. The van der Waals surface area contributed by atoms with E-state index in [1.807, 2.05) is 23.9 Å². The zero-order chi connectivity index (χ0) is 12.6. The Kier molecular flexibility index (Phi) is 2.96. The van der Waals surface area contributed by atoms with Crippen LogP contribution in [0, 0.1) is 0 Å². The van der Waals surface area contributed by atoms with Crippen molar-refractivity contribution in [2.75, 3.05) is 14.2 Å². The molecule has 4 heteroatoms. The van der Waals surface area contributed by atoms with Crippen LogP contribution in [0.5, 0.6) is 11.5 Å². The number of aromatic nitrogens is 2. The van der Waals surface area contributed by atoms with Crippen LogP contribution < -0.4 is 9.47 Å². The summed E-state index contributed by atoms with van der Waals surface area (Å²) in [6.45, 7) is 4.27. The van der Waals surface area contributed by atoms with Crippen molar-refractivity contribution in [2.24, 2.45) is 7.05 Å². The molecule has 2 aromatic rings. The molecule has 0 atom stereocenters. The minimum Gasteiger partial charge on any atom is -0.493 e. The van der Waals surface area contributed by atoms with Crippen molar-refractivity contribution < 1.29 is 9.47 Å². The Morgan fingerprint density at radius 2 is 1.71 bits per heavy atom. The quantitative estimate of drug-likeness (QED) is 0.819. The highest BCUT2D eigenvalue weighted by atomic mass is 16.5. The highest BCUT2D eigenvalue weighted by molar-refractivity contribution is 5.86. The van der Waals surface area contributed by atoms with Gasteiger partial charge in [0.1, 0.15) is 0 Å². The molecule has 0 spiro atoms. The van der Waals surface area contributed by atoms with Crippen molar-refractivity contribution in [3.8, 4) is 11.5 Å². The van der Waals surface area contributed by atoms with Crippen LogP contribution in [0.3, 0.4) is 0 Å². The summed E-state index contributed by atoms with van der Waals surface area (Å²) in [6, 6.07) is 3.96. The van der Waals surface area contributed by atoms with Gasteiger partial charge in [-0.1, -0.05) is 13.8 Å². The highest BCUT2D eigenvalue weighted by Crippen LogP contribution is 2.35. The van der Waals surface area contributed by atoms with E-state index in [4.69, 9.17) is 9.47 Å². The summed E-state index contributed by atoms with van der Waals surface area (Å²) in [5, 5.41) is 5.67. The molecule has 0 N–H and O–H groups in total. The van der Waals surface area contributed by atoms with E-state index in [0.717, 1.165) is 28.1 Å². The molecule has 0 radical (unpaired) electrons. The smallest absolute Gasteiger partial charge is 0.162 e. The minimum atomic E-state index is 0.386. The van der Waals surface area contributed by atoms with E-state index in [9.17, 15) is 0 Å². The Bertz CT molecular complexity index is 544. The molecule has 4 nitrogen and oxygen atoms in total. The van der Waals surface area contributed by atoms with E-state index in [0.29, 0.717) is 5.92 Å². The lowest BCUT2D eigenvalue weighted by Crippen LogP contribution is -1.93. The Morgan fingerprint density at radius 1 is 1.12 bits per heavy atom. The van der Waals surface area contributed by atoms with Crippen LogP contribution in [0.1, 0.15) is 25.5 Å². The van der Waals surface area contributed by atoms with Gasteiger partial charge in [0.05, 0.1) is 25.4 Å². The third-order valence-corrected chi connectivity index (χ3v) is 2.93. The number of hydrogen-bond acceptors (Lipinski definition) is 3. The first kappa shape index (κ1) is 11.8. The van der Waals surface area contributed by atoms with Crippen molar-refractivity contribution >= 4 is 10.9 Å². The molecule has 0 amide bonds. The summed E-state index contributed by atoms with van der Waals surface area (Å²) in [6.07, 6.45) is 0. The normalized spacial score (nSPS) is 11.2. The molecule has 0 saturated carbocycles. The molecule has 0 saturated heterocycles. The van der Waals surface area contributed by atoms with Gasteiger partial charge >= 0.3 is 0 Å². The Labute approximate surface area is 101 Å². The molecule has 0 aliphatic rings. The predicted octanol–water partition coefficient (Wildman–Crippen LogP) is 2.71. The Hall–Kier alpha value is -1.71. The van der Waals surface area contributed by atoms with Gasteiger partial charge in [-0.05, 0) is 12.0 Å². The molecule has 0 unspecified atom stereocenters. The predicted molar refractivity (Wildman–Crippen MR) is 67.9 cm³/mol. The van der Waals surface area contributed by atoms with Crippen LogP contribution in [-0.2, 0) is 7.05 Å². The Balaban J connectivity index is 2.75. The second-order valence-corrected chi connectivity index (χ2v) is 4.39. The van der Waals surface area contributed by atoms with Crippen LogP contribution in [0.2, 0.25) is 0 Å². The number of ether oxygens (including phenoxy) is 2. The lowest BCUT2D eigenvalue weighted by atomic mass is 10.1. The molecule has 92 valence electrons. The van der Waals surface area contributed by atoms with Gasteiger partial charge in [-0.3, -0.25) is 4.68 Å². The summed E-state index contributed by atoms with van der Waals surface area (Å²) >= 11 is 0. The fourth-order valence-electron chi connectivity index (χ4n) is 2.04. The van der Waals surface area contributed by atoms with Gasteiger partial charge in [-0.25, -0.2) is 0 Å². The lowest BCUT2D eigenvalue weighted by Gasteiger charge is -2.08. The fraction of sp³-hybridized carbons (Fsp3) is 0.462. The van der Waals surface area contributed by atoms with Gasteiger partial charge in [0.2, 0.25) is 0 Å². The monoisotopic (exact) mass is 234 g/mol. The molecule has 1 aromatic carbocycles. The average Bonchev–Trinajstić information content (AvgIpc) is 2.64. The van der Waals surface area contributed by atoms with Gasteiger partial charge in [0.25, 0.3) is 0 Å². The Morgan fingerprint density at radius 3 is 2.24 bits per heavy atom. The fourth-order valence-corrected chi connectivity index (χ4v) is 2.04. The average molecular weight is 234 g/mol. The van der Waals surface area contributed by atoms with Crippen molar-refractivity contribution in [1.29, 1.82) is 0 Å². The SMILES string of the molecule is COc1cc2c(C(C)C)nn(C)c2cc1OC. The van der Waals surface area contributed by atoms with Crippen LogP contribution >= 0.6 is 0 Å². The van der Waals surface area contributed by atoms with Crippen molar-refractivity contribution in [2.45, 2.75) is 19.8 Å². The number of hydrogen-bond donors (Lipinski definition) is 0. The zero-order valence-electron chi connectivity index (χ0n) is 10.9. The summed E-state index contributed by atoms with van der Waals surface area (Å²) in [4.78, 5) is 0. The lowest BCUT2D eigenvalue weighted by molar-refractivity contribution is 0.355. The third-order valence-electron chi connectivity index (χ3n) is 2.93. The van der Waals surface area contributed by atoms with E-state index in [1.54, 1.807) is 14.2 Å². The molecule has 1 aromatic heterocycles. The van der Waals surface area contributed by atoms with Crippen LogP contribution in [0.4, 0.5) is 0 Å². The first-order chi connectivity index (χ1) is 8.08. The van der Waals surface area contributed by atoms with E-state index in [2.05, 4.69) is 18.9 Å². The first-order valence-electron chi connectivity index (χ1n) is 5.67. The van der Waals surface area contributed by atoms with Gasteiger partial charge < -0.3 is 9.47 Å². The number of nitrogens with zero attached hydrogens (tertiary/aromatic N) is 2. The number of methoxy groups -OCH3 is 2. The van der Waals surface area contributed by atoms with Gasteiger partial charge in [-0.15, -0.1) is 0 Å². The number of benzene rings is 1. The largest absolute Gasteiger partial charge is 0.493 e. The summed E-state index contributed by atoms with van der Waals surface area (Å²) in [7, 11) is 5.23. The standard InChI is InChI=1S/C13H18N2O2/c1-8(2)13-9-6-11(16-4)12(17-5)7-10(9)15(3)14-13/h6-8H,1-5H3. The summed E-state index contributed by atoms with van der Waals surface area (Å²) < 4.78 is 12.5. The maximum Gasteiger partial charge on any atom is 0.162 e. The second kappa shape index (κ2) is 4.28. The molecule has 0 aliphatic carbocycles. The highest BCUT2D eigenvalue weighted by Gasteiger charge is 2.15. The van der Waals surface area contributed by atoms with Crippen LogP contribution in [0.25, 0.3) is 10.9 Å². The molecule has 0 fully saturated rings. The molecule has 0 aliphatic heterocycles. The maximum atomic E-state index is 5.33. The van der Waals surface area contributed by atoms with E-state index in [1.165, 1.54) is 0 Å². The number of fused-ring (bicyclic) bond motifs is 1. The van der Waals surface area contributed by atoms with Crippen molar-refractivity contribution in [3.63, 3.8) is 0 Å². The first-order valence-corrected chi connectivity index (χ1v) is 5.67. The molecule has 1 heterocycles. The van der Waals surface area contributed by atoms with E-state index < -0.39 is 0 Å². The second-order valence-electron chi connectivity index (χ2n) is 4.39.